The Bertz CT molecular complexity index is 2510. The smallest absolute Gasteiger partial charge is 0.341 e. The number of hydrogen-bond acceptors (Lipinski definition) is 8. The van der Waals surface area contributed by atoms with Gasteiger partial charge in [0.2, 0.25) is 0 Å². The van der Waals surface area contributed by atoms with Crippen molar-refractivity contribution in [2.75, 3.05) is 14.2 Å². The van der Waals surface area contributed by atoms with Gasteiger partial charge in [-0.2, -0.15) is 0 Å². The summed E-state index contributed by atoms with van der Waals surface area (Å²) in [4.78, 5) is 27.2. The summed E-state index contributed by atoms with van der Waals surface area (Å²) in [5.41, 5.74) is 1.37. The Morgan fingerprint density at radius 2 is 0.759 bits per heavy atom. The number of ether oxygens (including phenoxy) is 2. The van der Waals surface area contributed by atoms with Crippen LogP contribution in [0.25, 0.3) is 54.2 Å². The lowest BCUT2D eigenvalue weighted by atomic mass is 9.89. The molecule has 0 aliphatic rings. The third kappa shape index (κ3) is 6.62. The predicted molar refractivity (Wildman–Crippen MR) is 217 cm³/mol. The van der Waals surface area contributed by atoms with E-state index in [4.69, 9.17) is 27.6 Å². The average molecular weight is 751 g/mol. The summed E-state index contributed by atoms with van der Waals surface area (Å²) in [5.74, 6) is 0.446. The lowest BCUT2D eigenvalue weighted by Crippen LogP contribution is -2.08. The molecule has 54 heavy (non-hydrogen) atoms. The van der Waals surface area contributed by atoms with Gasteiger partial charge in [0.25, 0.3) is 18.1 Å². The van der Waals surface area contributed by atoms with Crippen molar-refractivity contribution < 1.29 is 37.2 Å². The summed E-state index contributed by atoms with van der Waals surface area (Å²) < 4.78 is 36.3. The highest BCUT2D eigenvalue weighted by Gasteiger charge is 2.29. The lowest BCUT2D eigenvalue weighted by Gasteiger charge is -2.22. The second kappa shape index (κ2) is 15.4. The number of carbonyl (C=O) groups is 2. The number of fused-ring (bicyclic) bond motifs is 4. The van der Waals surface area contributed by atoms with Crippen LogP contribution in [0.5, 0.6) is 23.0 Å². The van der Waals surface area contributed by atoms with Gasteiger partial charge < -0.3 is 27.6 Å². The topological polar surface area (TPSA) is 89.5 Å². The van der Waals surface area contributed by atoms with E-state index in [1.165, 1.54) is 14.2 Å². The van der Waals surface area contributed by atoms with Crippen molar-refractivity contribution in [3.05, 3.63) is 157 Å². The molecule has 0 aliphatic heterocycles. The van der Waals surface area contributed by atoms with Gasteiger partial charge in [0, 0.05) is 21.9 Å². The molecule has 0 amide bonds. The number of carbonyl (C=O) groups excluding carboxylic acids is 2. The number of esters is 2. The predicted octanol–water partition coefficient (Wildman–Crippen LogP) is 11.5. The summed E-state index contributed by atoms with van der Waals surface area (Å²) in [6.45, 7) is 0. The van der Waals surface area contributed by atoms with E-state index in [-0.39, 0.29) is 22.6 Å². The van der Waals surface area contributed by atoms with Crippen molar-refractivity contribution in [1.82, 2.24) is 0 Å². The first-order valence-electron chi connectivity index (χ1n) is 17.0. The molecule has 0 spiro atoms. The number of hydrogen-bond donors (Lipinski definition) is 0. The maximum absolute atomic E-state index is 13.6. The molecule has 0 bridgehead atoms. The van der Waals surface area contributed by atoms with Crippen LogP contribution in [-0.2, 0) is 9.47 Å². The average Bonchev–Trinajstić information content (AvgIpc) is 3.22. The zero-order chi connectivity index (χ0) is 37.0. The first kappa shape index (κ1) is 34.9. The summed E-state index contributed by atoms with van der Waals surface area (Å²) in [6.07, 6.45) is 0. The molecule has 8 rings (SSSR count). The van der Waals surface area contributed by atoms with E-state index < -0.39 is 30.0 Å². The van der Waals surface area contributed by atoms with Gasteiger partial charge in [-0.15, -0.1) is 0 Å². The zero-order valence-corrected chi connectivity index (χ0v) is 31.1. The maximum atomic E-state index is 13.6. The second-order valence-electron chi connectivity index (χ2n) is 12.2. The molecule has 0 saturated heterocycles. The van der Waals surface area contributed by atoms with Gasteiger partial charge in [-0.25, -0.2) is 9.59 Å². The molecule has 0 saturated carbocycles. The minimum atomic E-state index is -0.607. The molecule has 2 atom stereocenters. The molecule has 8 nitrogen and oxygen atoms in total. The third-order valence-electron chi connectivity index (χ3n) is 9.15. The fraction of sp³-hybridized carbons (Fsp3) is 0.0455. The molecular weight excluding hydrogens is 718 g/mol. The van der Waals surface area contributed by atoms with E-state index in [0.717, 1.165) is 43.1 Å². The molecule has 266 valence electrons. The highest BCUT2D eigenvalue weighted by atomic mass is 31.1. The van der Waals surface area contributed by atoms with Crippen LogP contribution in [0.4, 0.5) is 0 Å². The van der Waals surface area contributed by atoms with Crippen molar-refractivity contribution in [3.8, 4) is 34.1 Å². The van der Waals surface area contributed by atoms with Crippen LogP contribution in [0.1, 0.15) is 20.7 Å². The van der Waals surface area contributed by atoms with Crippen LogP contribution >= 0.6 is 18.1 Å². The normalized spacial score (nSPS) is 11.5. The van der Waals surface area contributed by atoms with E-state index in [0.29, 0.717) is 22.6 Å². The molecule has 8 aromatic carbocycles. The molecule has 10 heteroatoms. The minimum Gasteiger partial charge on any atom is -0.465 e. The first-order valence-corrected chi connectivity index (χ1v) is 18.6. The van der Waals surface area contributed by atoms with Crippen LogP contribution in [0.3, 0.4) is 0 Å². The number of methoxy groups -OCH3 is 2. The van der Waals surface area contributed by atoms with Crippen molar-refractivity contribution in [2.45, 2.75) is 0 Å². The van der Waals surface area contributed by atoms with Gasteiger partial charge in [-0.3, -0.25) is 0 Å². The molecule has 0 radical (unpaired) electrons. The first-order chi connectivity index (χ1) is 26.6. The van der Waals surface area contributed by atoms with E-state index in [1.807, 2.05) is 133 Å². The molecule has 8 aromatic rings. The fourth-order valence-electron chi connectivity index (χ4n) is 6.67. The molecule has 2 unspecified atom stereocenters. The summed E-state index contributed by atoms with van der Waals surface area (Å²) in [5, 5.41) is 6.83. The molecule has 0 aromatic heterocycles. The number of rotatable bonds is 11. The Balaban J connectivity index is 1.32. The summed E-state index contributed by atoms with van der Waals surface area (Å²) in [6, 6.07) is 46.1. The Kier molecular flexibility index (Phi) is 9.95. The fourth-order valence-corrected chi connectivity index (χ4v) is 7.88. The quantitative estimate of drug-likeness (QED) is 0.0953. The Morgan fingerprint density at radius 1 is 0.407 bits per heavy atom. The highest BCUT2D eigenvalue weighted by molar-refractivity contribution is 7.27. The summed E-state index contributed by atoms with van der Waals surface area (Å²) in [7, 11) is 1.50. The standard InChI is InChI=1S/C44H32O8P2/c1-47-43(45)35-25-29-15-5-9-21-33(29)39(41(35)51-53-49-37-23-11-17-27-13-3-7-19-31(27)37)40-34-22-10-6-16-30(34)26-36(44(46)48-2)42(40)52-54-50-38-24-12-18-28-14-4-8-20-32(28)38/h3-26,53-54H,1-2H3. The Hall–Kier alpha value is -6.20. The Labute approximate surface area is 314 Å². The molecular formula is C44H32O8P2. The van der Waals surface area contributed by atoms with Crippen LogP contribution in [0.2, 0.25) is 0 Å². The van der Waals surface area contributed by atoms with Crippen LogP contribution < -0.4 is 18.1 Å². The van der Waals surface area contributed by atoms with Crippen molar-refractivity contribution >= 4 is 73.1 Å². The molecule has 0 heterocycles. The van der Waals surface area contributed by atoms with E-state index >= 15 is 0 Å². The zero-order valence-electron chi connectivity index (χ0n) is 29.1. The van der Waals surface area contributed by atoms with Crippen LogP contribution in [0.15, 0.2) is 146 Å². The van der Waals surface area contributed by atoms with Crippen molar-refractivity contribution in [2.24, 2.45) is 0 Å². The van der Waals surface area contributed by atoms with Gasteiger partial charge in [0.15, 0.2) is 0 Å². The van der Waals surface area contributed by atoms with Gasteiger partial charge in [0.1, 0.15) is 34.1 Å². The highest BCUT2D eigenvalue weighted by Crippen LogP contribution is 2.51. The monoisotopic (exact) mass is 750 g/mol. The number of benzene rings is 8. The molecule has 0 fully saturated rings. The lowest BCUT2D eigenvalue weighted by molar-refractivity contribution is 0.0589. The van der Waals surface area contributed by atoms with Gasteiger partial charge >= 0.3 is 11.9 Å². The SMILES string of the molecule is COC(=O)c1cc2ccccc2c(-c2c(OPOc3cccc4ccccc34)c(C(=O)OC)cc3ccccc23)c1OPOc1cccc2ccccc12. The maximum Gasteiger partial charge on any atom is 0.341 e. The van der Waals surface area contributed by atoms with Crippen molar-refractivity contribution in [3.63, 3.8) is 0 Å². The minimum absolute atomic E-state index is 0.174. The van der Waals surface area contributed by atoms with Gasteiger partial charge in [0.05, 0.1) is 14.2 Å². The largest absolute Gasteiger partial charge is 0.465 e. The van der Waals surface area contributed by atoms with Crippen LogP contribution in [0, 0.1) is 0 Å². The molecule has 0 N–H and O–H groups in total. The molecule has 0 aliphatic carbocycles. The third-order valence-corrected chi connectivity index (χ3v) is 10.3. The van der Waals surface area contributed by atoms with E-state index in [2.05, 4.69) is 0 Å². The van der Waals surface area contributed by atoms with Gasteiger partial charge in [-0.1, -0.05) is 121 Å². The Morgan fingerprint density at radius 3 is 1.17 bits per heavy atom. The van der Waals surface area contributed by atoms with Crippen LogP contribution in [-0.4, -0.2) is 26.2 Å². The van der Waals surface area contributed by atoms with E-state index in [1.54, 1.807) is 12.1 Å². The van der Waals surface area contributed by atoms with Gasteiger partial charge in [-0.05, 0) is 56.6 Å². The second-order valence-corrected chi connectivity index (χ2v) is 13.4. The van der Waals surface area contributed by atoms with E-state index in [9.17, 15) is 9.59 Å². The van der Waals surface area contributed by atoms with Crippen molar-refractivity contribution in [1.29, 1.82) is 0 Å². The summed E-state index contributed by atoms with van der Waals surface area (Å²) >= 11 is 0.